The molecule has 1 aromatic heterocycles. The SMILES string of the molecule is Fc1ccc(CSc2nnc(NCc3ccc(Cl)cc3Cl)s2)cc1. The molecule has 0 radical (unpaired) electrons. The van der Waals surface area contributed by atoms with E-state index in [1.165, 1.54) is 23.5 Å². The Labute approximate surface area is 157 Å². The highest BCUT2D eigenvalue weighted by molar-refractivity contribution is 8.00. The summed E-state index contributed by atoms with van der Waals surface area (Å²) in [6.07, 6.45) is 0. The zero-order valence-electron chi connectivity index (χ0n) is 12.3. The molecule has 124 valence electrons. The van der Waals surface area contributed by atoms with E-state index in [1.807, 2.05) is 6.07 Å². The van der Waals surface area contributed by atoms with Gasteiger partial charge in [-0.2, -0.15) is 0 Å². The molecule has 0 amide bonds. The predicted molar refractivity (Wildman–Crippen MR) is 99.7 cm³/mol. The summed E-state index contributed by atoms with van der Waals surface area (Å²) < 4.78 is 13.7. The minimum Gasteiger partial charge on any atom is -0.356 e. The zero-order valence-corrected chi connectivity index (χ0v) is 15.4. The molecule has 3 rings (SSSR count). The lowest BCUT2D eigenvalue weighted by Crippen LogP contribution is -1.99. The molecule has 3 aromatic rings. The van der Waals surface area contributed by atoms with Gasteiger partial charge in [0.25, 0.3) is 0 Å². The van der Waals surface area contributed by atoms with Crippen LogP contribution in [0.1, 0.15) is 11.1 Å². The number of thioether (sulfide) groups is 1. The minimum absolute atomic E-state index is 0.230. The summed E-state index contributed by atoms with van der Waals surface area (Å²) in [5.41, 5.74) is 1.98. The normalized spacial score (nSPS) is 10.8. The molecule has 1 heterocycles. The predicted octanol–water partition coefficient (Wildman–Crippen LogP) is 5.89. The Bertz CT molecular complexity index is 824. The first kappa shape index (κ1) is 17.5. The quantitative estimate of drug-likeness (QED) is 0.524. The fourth-order valence-electron chi connectivity index (χ4n) is 1.90. The second-order valence-corrected chi connectivity index (χ2v) is 7.92. The average molecular weight is 400 g/mol. The van der Waals surface area contributed by atoms with Crippen LogP contribution in [-0.4, -0.2) is 10.2 Å². The topological polar surface area (TPSA) is 37.8 Å². The van der Waals surface area contributed by atoms with Crippen LogP contribution >= 0.6 is 46.3 Å². The van der Waals surface area contributed by atoms with Gasteiger partial charge in [0.2, 0.25) is 5.13 Å². The minimum atomic E-state index is -0.230. The van der Waals surface area contributed by atoms with Gasteiger partial charge in [-0.3, -0.25) is 0 Å². The number of benzene rings is 2. The molecular formula is C16H12Cl2FN3S2. The van der Waals surface area contributed by atoms with E-state index in [1.54, 1.807) is 36.0 Å². The lowest BCUT2D eigenvalue weighted by Gasteiger charge is -2.05. The lowest BCUT2D eigenvalue weighted by molar-refractivity contribution is 0.627. The molecule has 0 bridgehead atoms. The van der Waals surface area contributed by atoms with Crippen LogP contribution in [0.2, 0.25) is 10.0 Å². The van der Waals surface area contributed by atoms with Crippen molar-refractivity contribution in [2.24, 2.45) is 0 Å². The third-order valence-corrected chi connectivity index (χ3v) is 5.80. The number of nitrogens with zero attached hydrogens (tertiary/aromatic N) is 2. The highest BCUT2D eigenvalue weighted by atomic mass is 35.5. The Morgan fingerprint density at radius 1 is 1.08 bits per heavy atom. The van der Waals surface area contributed by atoms with Gasteiger partial charge >= 0.3 is 0 Å². The van der Waals surface area contributed by atoms with Gasteiger partial charge in [-0.1, -0.05) is 64.5 Å². The van der Waals surface area contributed by atoms with Crippen molar-refractivity contribution in [1.29, 1.82) is 0 Å². The molecule has 2 aromatic carbocycles. The van der Waals surface area contributed by atoms with Crippen LogP contribution in [-0.2, 0) is 12.3 Å². The Morgan fingerprint density at radius 2 is 1.88 bits per heavy atom. The van der Waals surface area contributed by atoms with Gasteiger partial charge < -0.3 is 5.32 Å². The molecule has 0 aliphatic rings. The van der Waals surface area contributed by atoms with Crippen molar-refractivity contribution >= 4 is 51.4 Å². The zero-order chi connectivity index (χ0) is 16.9. The molecule has 8 heteroatoms. The summed E-state index contributed by atoms with van der Waals surface area (Å²) in [4.78, 5) is 0. The van der Waals surface area contributed by atoms with Crippen LogP contribution in [0.15, 0.2) is 46.8 Å². The number of aromatic nitrogens is 2. The Balaban J connectivity index is 1.54. The van der Waals surface area contributed by atoms with E-state index in [0.717, 1.165) is 26.4 Å². The first-order valence-electron chi connectivity index (χ1n) is 6.99. The van der Waals surface area contributed by atoms with Crippen molar-refractivity contribution in [3.05, 3.63) is 69.5 Å². The van der Waals surface area contributed by atoms with Gasteiger partial charge in [0.15, 0.2) is 4.34 Å². The Morgan fingerprint density at radius 3 is 2.62 bits per heavy atom. The van der Waals surface area contributed by atoms with Crippen LogP contribution in [0.4, 0.5) is 9.52 Å². The molecular weight excluding hydrogens is 388 g/mol. The van der Waals surface area contributed by atoms with E-state index in [4.69, 9.17) is 23.2 Å². The van der Waals surface area contributed by atoms with Gasteiger partial charge in [0.05, 0.1) is 0 Å². The smallest absolute Gasteiger partial charge is 0.206 e. The molecule has 1 N–H and O–H groups in total. The summed E-state index contributed by atoms with van der Waals surface area (Å²) >= 11 is 15.1. The monoisotopic (exact) mass is 399 g/mol. The number of hydrogen-bond donors (Lipinski definition) is 1. The maximum Gasteiger partial charge on any atom is 0.206 e. The van der Waals surface area contributed by atoms with E-state index in [-0.39, 0.29) is 5.82 Å². The summed E-state index contributed by atoms with van der Waals surface area (Å²) in [5.74, 6) is 0.491. The third kappa shape index (κ3) is 4.83. The fraction of sp³-hybridized carbons (Fsp3) is 0.125. The summed E-state index contributed by atoms with van der Waals surface area (Å²) in [6.45, 7) is 0.549. The highest BCUT2D eigenvalue weighted by Gasteiger charge is 2.07. The van der Waals surface area contributed by atoms with Crippen molar-refractivity contribution in [3.8, 4) is 0 Å². The summed E-state index contributed by atoms with van der Waals surface area (Å²) in [6, 6.07) is 11.8. The molecule has 0 saturated heterocycles. The summed E-state index contributed by atoms with van der Waals surface area (Å²) in [7, 11) is 0. The van der Waals surface area contributed by atoms with Crippen LogP contribution in [0.3, 0.4) is 0 Å². The van der Waals surface area contributed by atoms with E-state index >= 15 is 0 Å². The van der Waals surface area contributed by atoms with Crippen molar-refractivity contribution in [3.63, 3.8) is 0 Å². The van der Waals surface area contributed by atoms with Crippen LogP contribution in [0, 0.1) is 5.82 Å². The largest absolute Gasteiger partial charge is 0.356 e. The maximum absolute atomic E-state index is 12.9. The van der Waals surface area contributed by atoms with Gasteiger partial charge in [-0.25, -0.2) is 4.39 Å². The van der Waals surface area contributed by atoms with E-state index in [9.17, 15) is 4.39 Å². The molecule has 0 saturated carbocycles. The number of rotatable bonds is 6. The van der Waals surface area contributed by atoms with Crippen molar-refractivity contribution in [2.75, 3.05) is 5.32 Å². The Kier molecular flexibility index (Phi) is 5.94. The van der Waals surface area contributed by atoms with E-state index in [0.29, 0.717) is 16.6 Å². The first-order valence-corrected chi connectivity index (χ1v) is 9.54. The standard InChI is InChI=1S/C16H12Cl2FN3S2/c17-12-4-3-11(14(18)7-12)8-20-15-21-22-16(24-15)23-9-10-1-5-13(19)6-2-10/h1-7H,8-9H2,(H,20,21). The maximum atomic E-state index is 12.9. The molecule has 3 nitrogen and oxygen atoms in total. The molecule has 0 aliphatic carbocycles. The van der Waals surface area contributed by atoms with Gasteiger partial charge in [-0.05, 0) is 35.4 Å². The fourth-order valence-corrected chi connectivity index (χ4v) is 4.08. The van der Waals surface area contributed by atoms with Crippen molar-refractivity contribution in [1.82, 2.24) is 10.2 Å². The second-order valence-electron chi connectivity index (χ2n) is 4.88. The highest BCUT2D eigenvalue weighted by Crippen LogP contribution is 2.29. The van der Waals surface area contributed by atoms with Gasteiger partial charge in [0.1, 0.15) is 5.82 Å². The number of halogens is 3. The molecule has 0 spiro atoms. The van der Waals surface area contributed by atoms with Crippen molar-refractivity contribution < 1.29 is 4.39 Å². The molecule has 0 fully saturated rings. The van der Waals surface area contributed by atoms with Crippen molar-refractivity contribution in [2.45, 2.75) is 16.6 Å². The lowest BCUT2D eigenvalue weighted by atomic mass is 10.2. The van der Waals surface area contributed by atoms with E-state index in [2.05, 4.69) is 15.5 Å². The average Bonchev–Trinajstić information content (AvgIpc) is 3.01. The van der Waals surface area contributed by atoms with Gasteiger partial charge in [-0.15, -0.1) is 10.2 Å². The second kappa shape index (κ2) is 8.16. The number of hydrogen-bond acceptors (Lipinski definition) is 5. The van der Waals surface area contributed by atoms with Crippen LogP contribution < -0.4 is 5.32 Å². The van der Waals surface area contributed by atoms with E-state index < -0.39 is 0 Å². The Hall–Kier alpha value is -1.34. The number of anilines is 1. The van der Waals surface area contributed by atoms with Crippen LogP contribution in [0.5, 0.6) is 0 Å². The summed E-state index contributed by atoms with van der Waals surface area (Å²) in [5, 5.41) is 13.4. The first-order chi connectivity index (χ1) is 11.6. The molecule has 0 unspecified atom stereocenters. The molecule has 0 aliphatic heterocycles. The third-order valence-electron chi connectivity index (χ3n) is 3.13. The van der Waals surface area contributed by atoms with Crippen LogP contribution in [0.25, 0.3) is 0 Å². The number of nitrogens with one attached hydrogen (secondary N) is 1. The molecule has 0 atom stereocenters. The van der Waals surface area contributed by atoms with Gasteiger partial charge in [0, 0.05) is 22.3 Å². The molecule has 24 heavy (non-hydrogen) atoms.